The minimum absolute atomic E-state index is 0.265. The van der Waals surface area contributed by atoms with E-state index in [0.717, 1.165) is 5.56 Å². The number of nitrogens with one attached hydrogen (secondary N) is 2. The molecular formula is C23H26N4O4. The van der Waals surface area contributed by atoms with Crippen molar-refractivity contribution in [3.05, 3.63) is 60.3 Å². The van der Waals surface area contributed by atoms with Crippen molar-refractivity contribution in [2.75, 3.05) is 39.8 Å². The molecule has 0 spiro atoms. The molecular weight excluding hydrogens is 396 g/mol. The first-order chi connectivity index (χ1) is 15.2. The van der Waals surface area contributed by atoms with Gasteiger partial charge in [0.05, 0.1) is 14.2 Å². The highest BCUT2D eigenvalue weighted by Gasteiger charge is 2.16. The fourth-order valence-electron chi connectivity index (χ4n) is 2.93. The normalized spacial score (nSPS) is 10.4. The van der Waals surface area contributed by atoms with Crippen molar-refractivity contribution < 1.29 is 19.0 Å². The zero-order valence-corrected chi connectivity index (χ0v) is 17.8. The number of ether oxygens (including phenoxy) is 3. The lowest BCUT2D eigenvalue weighted by Crippen LogP contribution is -2.26. The highest BCUT2D eigenvalue weighted by atomic mass is 16.5. The second kappa shape index (κ2) is 10.9. The molecule has 0 aliphatic rings. The molecule has 0 aliphatic carbocycles. The zero-order chi connectivity index (χ0) is 22.1. The molecule has 0 bridgehead atoms. The number of hydrogen-bond acceptors (Lipinski definition) is 7. The number of nitrogens with zero attached hydrogens (tertiary/aromatic N) is 2. The first kappa shape index (κ1) is 22.0. The van der Waals surface area contributed by atoms with Gasteiger partial charge in [-0.2, -0.15) is 0 Å². The Balaban J connectivity index is 1.93. The highest BCUT2D eigenvalue weighted by Crippen LogP contribution is 2.31. The number of amides is 1. The van der Waals surface area contributed by atoms with Crippen LogP contribution in [0, 0.1) is 0 Å². The van der Waals surface area contributed by atoms with Crippen LogP contribution in [0.25, 0.3) is 11.4 Å². The van der Waals surface area contributed by atoms with Crippen LogP contribution in [0.4, 0.5) is 11.5 Å². The van der Waals surface area contributed by atoms with Crippen LogP contribution in [0.1, 0.15) is 16.8 Å². The molecule has 3 rings (SSSR count). The van der Waals surface area contributed by atoms with Crippen molar-refractivity contribution in [2.45, 2.75) is 6.42 Å². The minimum atomic E-state index is -0.265. The van der Waals surface area contributed by atoms with Gasteiger partial charge in [-0.1, -0.05) is 30.3 Å². The minimum Gasteiger partial charge on any atom is -0.493 e. The molecule has 1 amide bonds. The van der Waals surface area contributed by atoms with Crippen LogP contribution < -0.4 is 20.1 Å². The van der Waals surface area contributed by atoms with Crippen molar-refractivity contribution >= 4 is 17.4 Å². The molecule has 162 valence electrons. The number of anilines is 2. The third-order valence-electron chi connectivity index (χ3n) is 4.52. The number of benzene rings is 2. The fourth-order valence-corrected chi connectivity index (χ4v) is 2.93. The molecule has 0 radical (unpaired) electrons. The van der Waals surface area contributed by atoms with E-state index >= 15 is 0 Å². The maximum Gasteiger partial charge on any atom is 0.256 e. The van der Waals surface area contributed by atoms with E-state index in [2.05, 4.69) is 20.6 Å². The number of methoxy groups -OCH3 is 3. The SMILES string of the molecule is COCCCNC(=O)c1cnc(-c2ccccc2)nc1Nc1ccc(OC)c(OC)c1. The van der Waals surface area contributed by atoms with E-state index in [1.807, 2.05) is 36.4 Å². The second-order valence-corrected chi connectivity index (χ2v) is 6.62. The standard InChI is InChI=1S/C23H26N4O4/c1-29-13-7-12-24-23(28)18-15-25-21(16-8-5-4-6-9-16)27-22(18)26-17-10-11-19(30-2)20(14-17)31-3/h4-6,8-11,14-15H,7,12-13H2,1-3H3,(H,24,28)(H,25,26,27). The van der Waals surface area contributed by atoms with Crippen LogP contribution in [0.15, 0.2) is 54.7 Å². The molecule has 0 saturated heterocycles. The molecule has 1 heterocycles. The summed E-state index contributed by atoms with van der Waals surface area (Å²) in [5, 5.41) is 6.10. The van der Waals surface area contributed by atoms with Gasteiger partial charge >= 0.3 is 0 Å². The quantitative estimate of drug-likeness (QED) is 0.481. The van der Waals surface area contributed by atoms with E-state index in [9.17, 15) is 4.79 Å². The van der Waals surface area contributed by atoms with Gasteiger partial charge in [-0.3, -0.25) is 4.79 Å². The van der Waals surface area contributed by atoms with E-state index in [0.29, 0.717) is 54.0 Å². The molecule has 8 nitrogen and oxygen atoms in total. The Morgan fingerprint density at radius 1 is 1.00 bits per heavy atom. The average Bonchev–Trinajstić information content (AvgIpc) is 2.82. The Kier molecular flexibility index (Phi) is 7.78. The monoisotopic (exact) mass is 422 g/mol. The Morgan fingerprint density at radius 2 is 1.77 bits per heavy atom. The van der Waals surface area contributed by atoms with Crippen molar-refractivity contribution in [1.29, 1.82) is 0 Å². The van der Waals surface area contributed by atoms with Crippen molar-refractivity contribution in [1.82, 2.24) is 15.3 Å². The molecule has 8 heteroatoms. The van der Waals surface area contributed by atoms with Crippen LogP contribution in [0.5, 0.6) is 11.5 Å². The van der Waals surface area contributed by atoms with Crippen LogP contribution in [-0.2, 0) is 4.74 Å². The van der Waals surface area contributed by atoms with Gasteiger partial charge in [-0.25, -0.2) is 9.97 Å². The van der Waals surface area contributed by atoms with E-state index in [4.69, 9.17) is 14.2 Å². The summed E-state index contributed by atoms with van der Waals surface area (Å²) in [4.78, 5) is 21.8. The lowest BCUT2D eigenvalue weighted by Gasteiger charge is -2.14. The average molecular weight is 422 g/mol. The summed E-state index contributed by atoms with van der Waals surface area (Å²) < 4.78 is 15.7. The predicted molar refractivity (Wildman–Crippen MR) is 119 cm³/mol. The summed E-state index contributed by atoms with van der Waals surface area (Å²) in [6, 6.07) is 15.0. The first-order valence-corrected chi connectivity index (χ1v) is 9.85. The smallest absolute Gasteiger partial charge is 0.256 e. The van der Waals surface area contributed by atoms with Crippen LogP contribution >= 0.6 is 0 Å². The van der Waals surface area contributed by atoms with Gasteiger partial charge in [0.1, 0.15) is 11.4 Å². The molecule has 0 aliphatic heterocycles. The van der Waals surface area contributed by atoms with Gasteiger partial charge in [0.15, 0.2) is 17.3 Å². The molecule has 2 N–H and O–H groups in total. The topological polar surface area (TPSA) is 94.6 Å². The summed E-state index contributed by atoms with van der Waals surface area (Å²) in [6.07, 6.45) is 2.24. The summed E-state index contributed by atoms with van der Waals surface area (Å²) in [5.41, 5.74) is 1.89. The number of aromatic nitrogens is 2. The van der Waals surface area contributed by atoms with Gasteiger partial charge in [-0.05, 0) is 18.6 Å². The molecule has 31 heavy (non-hydrogen) atoms. The number of hydrogen-bond donors (Lipinski definition) is 2. The Labute approximate surface area is 181 Å². The lowest BCUT2D eigenvalue weighted by molar-refractivity contribution is 0.0949. The molecule has 1 aromatic heterocycles. The Hall–Kier alpha value is -3.65. The zero-order valence-electron chi connectivity index (χ0n) is 17.8. The third-order valence-corrected chi connectivity index (χ3v) is 4.52. The van der Waals surface area contributed by atoms with E-state index in [-0.39, 0.29) is 5.91 Å². The summed E-state index contributed by atoms with van der Waals surface area (Å²) >= 11 is 0. The lowest BCUT2D eigenvalue weighted by atomic mass is 10.2. The van der Waals surface area contributed by atoms with Gasteiger partial charge in [-0.15, -0.1) is 0 Å². The maximum atomic E-state index is 12.8. The summed E-state index contributed by atoms with van der Waals surface area (Å²) in [7, 11) is 4.77. The second-order valence-electron chi connectivity index (χ2n) is 6.62. The van der Waals surface area contributed by atoms with E-state index in [1.54, 1.807) is 33.5 Å². The first-order valence-electron chi connectivity index (χ1n) is 9.85. The van der Waals surface area contributed by atoms with Gasteiger partial charge in [0, 0.05) is 43.8 Å². The molecule has 0 unspecified atom stereocenters. The Morgan fingerprint density at radius 3 is 2.48 bits per heavy atom. The summed E-state index contributed by atoms with van der Waals surface area (Å²) in [6.45, 7) is 1.06. The van der Waals surface area contributed by atoms with Gasteiger partial charge in [0.2, 0.25) is 0 Å². The van der Waals surface area contributed by atoms with Crippen molar-refractivity contribution in [3.8, 4) is 22.9 Å². The molecule has 2 aromatic carbocycles. The molecule has 0 atom stereocenters. The third kappa shape index (κ3) is 5.70. The highest BCUT2D eigenvalue weighted by molar-refractivity contribution is 5.99. The summed E-state index contributed by atoms with van der Waals surface area (Å²) in [5.74, 6) is 1.82. The van der Waals surface area contributed by atoms with Crippen molar-refractivity contribution in [2.24, 2.45) is 0 Å². The van der Waals surface area contributed by atoms with Crippen molar-refractivity contribution in [3.63, 3.8) is 0 Å². The number of carbonyl (C=O) groups is 1. The van der Waals surface area contributed by atoms with Crippen LogP contribution in [0.3, 0.4) is 0 Å². The number of carbonyl (C=O) groups excluding carboxylic acids is 1. The fraction of sp³-hybridized carbons (Fsp3) is 0.261. The van der Waals surface area contributed by atoms with E-state index < -0.39 is 0 Å². The van der Waals surface area contributed by atoms with Crippen LogP contribution in [0.2, 0.25) is 0 Å². The molecule has 0 fully saturated rings. The largest absolute Gasteiger partial charge is 0.493 e. The van der Waals surface area contributed by atoms with E-state index in [1.165, 1.54) is 6.20 Å². The van der Waals surface area contributed by atoms with Crippen LogP contribution in [-0.4, -0.2) is 50.4 Å². The molecule has 0 saturated carbocycles. The van der Waals surface area contributed by atoms with Gasteiger partial charge < -0.3 is 24.8 Å². The predicted octanol–water partition coefficient (Wildman–Crippen LogP) is 3.67. The molecule has 3 aromatic rings. The number of rotatable bonds is 10. The Bertz CT molecular complexity index is 1010. The van der Waals surface area contributed by atoms with Gasteiger partial charge in [0.25, 0.3) is 5.91 Å². The maximum absolute atomic E-state index is 12.8.